The summed E-state index contributed by atoms with van der Waals surface area (Å²) in [5.41, 5.74) is 1.02. The fraction of sp³-hybridized carbons (Fsp3) is 0.733. The molecule has 2 rings (SSSR count). The molecule has 1 aromatic heterocycles. The van der Waals surface area contributed by atoms with Crippen LogP contribution < -0.4 is 10.1 Å². The van der Waals surface area contributed by atoms with E-state index in [0.717, 1.165) is 24.6 Å². The van der Waals surface area contributed by atoms with Gasteiger partial charge in [0.15, 0.2) is 0 Å². The fourth-order valence-corrected chi connectivity index (χ4v) is 2.80. The van der Waals surface area contributed by atoms with Gasteiger partial charge in [0.1, 0.15) is 6.33 Å². The molecule has 1 unspecified atom stereocenters. The Balaban J connectivity index is 1.80. The number of hydrogen-bond donors (Lipinski definition) is 1. The predicted octanol–water partition coefficient (Wildman–Crippen LogP) is 1.82. The van der Waals surface area contributed by atoms with Gasteiger partial charge in [0.2, 0.25) is 5.88 Å². The molecule has 20 heavy (non-hydrogen) atoms. The van der Waals surface area contributed by atoms with E-state index >= 15 is 0 Å². The molecule has 1 saturated carbocycles. The lowest BCUT2D eigenvalue weighted by atomic mass is 9.77. The van der Waals surface area contributed by atoms with Gasteiger partial charge in [0.05, 0.1) is 13.2 Å². The van der Waals surface area contributed by atoms with E-state index in [9.17, 15) is 0 Å². The normalized spacial score (nSPS) is 23.1. The first-order chi connectivity index (χ1) is 9.75. The lowest BCUT2D eigenvalue weighted by molar-refractivity contribution is -0.0288. The van der Waals surface area contributed by atoms with Gasteiger partial charge in [-0.3, -0.25) is 0 Å². The van der Waals surface area contributed by atoms with Gasteiger partial charge in [0.25, 0.3) is 0 Å². The molecule has 1 aliphatic carbocycles. The summed E-state index contributed by atoms with van der Waals surface area (Å²) in [4.78, 5) is 8.35. The van der Waals surface area contributed by atoms with Crippen molar-refractivity contribution in [3.63, 3.8) is 0 Å². The Morgan fingerprint density at radius 2 is 2.20 bits per heavy atom. The van der Waals surface area contributed by atoms with Crippen LogP contribution >= 0.6 is 0 Å². The number of nitrogens with zero attached hydrogens (tertiary/aromatic N) is 2. The van der Waals surface area contributed by atoms with E-state index in [2.05, 4.69) is 22.2 Å². The number of nitrogens with one attached hydrogen (secondary N) is 1. The lowest BCUT2D eigenvalue weighted by Crippen LogP contribution is -2.38. The molecule has 5 heteroatoms. The molecule has 0 aliphatic heterocycles. The molecule has 1 atom stereocenters. The molecular formula is C15H25N3O2. The highest BCUT2D eigenvalue weighted by Crippen LogP contribution is 2.34. The predicted molar refractivity (Wildman–Crippen MR) is 77.9 cm³/mol. The van der Waals surface area contributed by atoms with Gasteiger partial charge in [-0.2, -0.15) is 0 Å². The molecule has 1 aromatic rings. The Kier molecular flexibility index (Phi) is 5.73. The summed E-state index contributed by atoms with van der Waals surface area (Å²) in [6.07, 6.45) is 6.52. The van der Waals surface area contributed by atoms with E-state index in [1.807, 2.05) is 13.1 Å². The number of rotatable bonds is 8. The maximum Gasteiger partial charge on any atom is 0.216 e. The molecule has 0 spiro atoms. The molecule has 0 radical (unpaired) electrons. The maximum atomic E-state index is 5.61. The van der Waals surface area contributed by atoms with Gasteiger partial charge >= 0.3 is 0 Å². The average molecular weight is 279 g/mol. The van der Waals surface area contributed by atoms with Gasteiger partial charge in [-0.15, -0.1) is 0 Å². The average Bonchev–Trinajstić information content (AvgIpc) is 2.44. The first kappa shape index (κ1) is 15.2. The van der Waals surface area contributed by atoms with Crippen molar-refractivity contribution in [2.24, 2.45) is 5.92 Å². The van der Waals surface area contributed by atoms with Gasteiger partial charge < -0.3 is 14.8 Å². The standard InChI is InChI=1S/C15H25N3O2/c1-4-20-14-6-11(7-14)5-12(16-2)8-13-9-15(19-3)18-10-17-13/h9-12,14,16H,4-8H2,1-3H3. The summed E-state index contributed by atoms with van der Waals surface area (Å²) >= 11 is 0. The second-order valence-electron chi connectivity index (χ2n) is 5.39. The van der Waals surface area contributed by atoms with Crippen LogP contribution in [0.25, 0.3) is 0 Å². The smallest absolute Gasteiger partial charge is 0.216 e. The summed E-state index contributed by atoms with van der Waals surface area (Å²) < 4.78 is 10.8. The van der Waals surface area contributed by atoms with E-state index < -0.39 is 0 Å². The van der Waals surface area contributed by atoms with Crippen LogP contribution in [0, 0.1) is 5.92 Å². The third-order valence-corrected chi connectivity index (χ3v) is 3.98. The van der Waals surface area contributed by atoms with Crippen LogP contribution in [0.2, 0.25) is 0 Å². The minimum absolute atomic E-state index is 0.446. The molecule has 0 saturated heterocycles. The number of methoxy groups -OCH3 is 1. The van der Waals surface area contributed by atoms with Crippen molar-refractivity contribution in [1.29, 1.82) is 0 Å². The van der Waals surface area contributed by atoms with Crippen LogP contribution in [0.4, 0.5) is 0 Å². The van der Waals surface area contributed by atoms with Crippen LogP contribution in [0.15, 0.2) is 12.4 Å². The van der Waals surface area contributed by atoms with Crippen LogP contribution in [-0.2, 0) is 11.2 Å². The molecule has 0 amide bonds. The Hall–Kier alpha value is -1.20. The van der Waals surface area contributed by atoms with Crippen LogP contribution in [-0.4, -0.2) is 42.9 Å². The number of hydrogen-bond acceptors (Lipinski definition) is 5. The molecular weight excluding hydrogens is 254 g/mol. The highest BCUT2D eigenvalue weighted by molar-refractivity contribution is 5.14. The Morgan fingerprint density at radius 3 is 2.85 bits per heavy atom. The SMILES string of the molecule is CCOC1CC(CC(Cc2cc(OC)ncn2)NC)C1. The van der Waals surface area contributed by atoms with Crippen molar-refractivity contribution in [2.75, 3.05) is 20.8 Å². The largest absolute Gasteiger partial charge is 0.481 e. The van der Waals surface area contributed by atoms with Crippen LogP contribution in [0.5, 0.6) is 5.88 Å². The second kappa shape index (κ2) is 7.55. The fourth-order valence-electron chi connectivity index (χ4n) is 2.80. The first-order valence-corrected chi connectivity index (χ1v) is 7.38. The van der Waals surface area contributed by atoms with E-state index in [1.165, 1.54) is 19.3 Å². The van der Waals surface area contributed by atoms with Gasteiger partial charge in [-0.25, -0.2) is 9.97 Å². The summed E-state index contributed by atoms with van der Waals surface area (Å²) in [6, 6.07) is 2.36. The summed E-state index contributed by atoms with van der Waals surface area (Å²) in [6.45, 7) is 2.89. The van der Waals surface area contributed by atoms with E-state index in [-0.39, 0.29) is 0 Å². The lowest BCUT2D eigenvalue weighted by Gasteiger charge is -2.37. The summed E-state index contributed by atoms with van der Waals surface area (Å²) in [5.74, 6) is 1.40. The second-order valence-corrected chi connectivity index (χ2v) is 5.39. The number of aromatic nitrogens is 2. The third-order valence-electron chi connectivity index (χ3n) is 3.98. The van der Waals surface area contributed by atoms with Crippen molar-refractivity contribution >= 4 is 0 Å². The Labute approximate surface area is 121 Å². The number of likely N-dealkylation sites (N-methyl/N-ethyl adjacent to an activating group) is 1. The highest BCUT2D eigenvalue weighted by Gasteiger charge is 2.31. The zero-order chi connectivity index (χ0) is 14.4. The highest BCUT2D eigenvalue weighted by atomic mass is 16.5. The molecule has 1 heterocycles. The molecule has 1 fully saturated rings. The van der Waals surface area contributed by atoms with Crippen molar-refractivity contribution < 1.29 is 9.47 Å². The van der Waals surface area contributed by atoms with Crippen LogP contribution in [0.1, 0.15) is 31.9 Å². The maximum absolute atomic E-state index is 5.61. The topological polar surface area (TPSA) is 56.3 Å². The van der Waals surface area contributed by atoms with Crippen LogP contribution in [0.3, 0.4) is 0 Å². The molecule has 112 valence electrons. The Bertz CT molecular complexity index is 408. The quantitative estimate of drug-likeness (QED) is 0.786. The van der Waals surface area contributed by atoms with Gasteiger partial charge in [0, 0.05) is 30.8 Å². The van der Waals surface area contributed by atoms with Crippen molar-refractivity contribution in [1.82, 2.24) is 15.3 Å². The van der Waals surface area contributed by atoms with Gasteiger partial charge in [-0.1, -0.05) is 0 Å². The zero-order valence-corrected chi connectivity index (χ0v) is 12.6. The minimum atomic E-state index is 0.446. The molecule has 0 bridgehead atoms. The van der Waals surface area contributed by atoms with E-state index in [4.69, 9.17) is 9.47 Å². The Morgan fingerprint density at radius 1 is 1.40 bits per heavy atom. The third kappa shape index (κ3) is 4.15. The zero-order valence-electron chi connectivity index (χ0n) is 12.6. The van der Waals surface area contributed by atoms with E-state index in [1.54, 1.807) is 13.4 Å². The van der Waals surface area contributed by atoms with E-state index in [0.29, 0.717) is 18.0 Å². The monoisotopic (exact) mass is 279 g/mol. The molecule has 5 nitrogen and oxygen atoms in total. The first-order valence-electron chi connectivity index (χ1n) is 7.38. The number of ether oxygens (including phenoxy) is 2. The summed E-state index contributed by atoms with van der Waals surface area (Å²) in [5, 5.41) is 3.39. The van der Waals surface area contributed by atoms with Crippen molar-refractivity contribution in [3.05, 3.63) is 18.1 Å². The van der Waals surface area contributed by atoms with Crippen molar-refractivity contribution in [3.8, 4) is 5.88 Å². The minimum Gasteiger partial charge on any atom is -0.481 e. The molecule has 0 aromatic carbocycles. The van der Waals surface area contributed by atoms with Gasteiger partial charge in [-0.05, 0) is 39.2 Å². The summed E-state index contributed by atoms with van der Waals surface area (Å²) in [7, 11) is 3.64. The van der Waals surface area contributed by atoms with Crippen molar-refractivity contribution in [2.45, 2.75) is 44.8 Å². The molecule has 1 N–H and O–H groups in total. The molecule has 1 aliphatic rings.